The molecule has 9 nitrogen and oxygen atoms in total. The van der Waals surface area contributed by atoms with Gasteiger partial charge in [-0.3, -0.25) is 4.57 Å². The molecule has 13 heavy (non-hydrogen) atoms. The Hall–Kier alpha value is -0.224. The van der Waals surface area contributed by atoms with Gasteiger partial charge in [0.05, 0.1) is 11.9 Å². The Kier molecular flexibility index (Phi) is 17.4. The van der Waals surface area contributed by atoms with Gasteiger partial charge in [0.25, 0.3) is 7.82 Å². The molecule has 0 radical (unpaired) electrons. The SMILES string of the molecule is O=C([O-])C(=O)[O-].O=P([O-])(O)O.[Mg+2].[NH4+]. The van der Waals surface area contributed by atoms with Crippen LogP contribution in [0, 0.1) is 0 Å². The molecule has 0 fully saturated rings. The van der Waals surface area contributed by atoms with Crippen LogP contribution in [0.5, 0.6) is 0 Å². The van der Waals surface area contributed by atoms with Gasteiger partial charge in [0.1, 0.15) is 0 Å². The van der Waals surface area contributed by atoms with Gasteiger partial charge in [-0.2, -0.15) is 0 Å². The van der Waals surface area contributed by atoms with E-state index in [1.807, 2.05) is 0 Å². The van der Waals surface area contributed by atoms with Crippen LogP contribution in [0.15, 0.2) is 0 Å². The van der Waals surface area contributed by atoms with Gasteiger partial charge in [-0.15, -0.1) is 0 Å². The van der Waals surface area contributed by atoms with Crippen molar-refractivity contribution in [3.05, 3.63) is 0 Å². The van der Waals surface area contributed by atoms with Crippen LogP contribution in [-0.2, 0) is 14.2 Å². The van der Waals surface area contributed by atoms with E-state index in [-0.39, 0.29) is 29.2 Å². The summed E-state index contributed by atoms with van der Waals surface area (Å²) >= 11 is 0. The van der Waals surface area contributed by atoms with Gasteiger partial charge in [0.15, 0.2) is 0 Å². The summed E-state index contributed by atoms with van der Waals surface area (Å²) in [7, 11) is -4.89. The quantitative estimate of drug-likeness (QED) is 0.207. The zero-order chi connectivity index (χ0) is 9.65. The first-order chi connectivity index (χ1) is 4.64. The van der Waals surface area contributed by atoms with Crippen LogP contribution in [0.3, 0.4) is 0 Å². The number of hydrogen-bond acceptors (Lipinski definition) is 6. The number of rotatable bonds is 0. The van der Waals surface area contributed by atoms with Gasteiger partial charge in [-0.05, 0) is 0 Å². The molecule has 0 atom stereocenters. The van der Waals surface area contributed by atoms with E-state index >= 15 is 0 Å². The van der Waals surface area contributed by atoms with Crippen LogP contribution < -0.4 is 21.3 Å². The fourth-order valence-corrected chi connectivity index (χ4v) is 0. The maximum absolute atomic E-state index is 8.93. The molecule has 0 heterocycles. The first kappa shape index (κ1) is 23.0. The number of carboxylic acid groups (broad SMARTS) is 2. The van der Waals surface area contributed by atoms with Crippen molar-refractivity contribution in [2.45, 2.75) is 0 Å². The first-order valence-corrected chi connectivity index (χ1v) is 3.36. The summed E-state index contributed by atoms with van der Waals surface area (Å²) in [4.78, 5) is 40.8. The topological polar surface area (TPSA) is 197 Å². The summed E-state index contributed by atoms with van der Waals surface area (Å²) in [6.45, 7) is 0. The molecule has 0 aliphatic heterocycles. The summed E-state index contributed by atoms with van der Waals surface area (Å²) < 4.78 is 8.77. The van der Waals surface area contributed by atoms with Crippen molar-refractivity contribution in [2.75, 3.05) is 0 Å². The van der Waals surface area contributed by atoms with E-state index in [9.17, 15) is 0 Å². The molecular formula is C2H6MgNO8P. The second-order valence-electron chi connectivity index (χ2n) is 1.07. The van der Waals surface area contributed by atoms with Crippen molar-refractivity contribution in [3.63, 3.8) is 0 Å². The minimum Gasteiger partial charge on any atom is -0.756 e. The molecule has 0 amide bonds. The van der Waals surface area contributed by atoms with Crippen molar-refractivity contribution >= 4 is 42.8 Å². The molecule has 0 unspecified atom stereocenters. The maximum Gasteiger partial charge on any atom is 2.00 e. The minimum atomic E-state index is -4.89. The average molecular weight is 227 g/mol. The Balaban J connectivity index is -0.0000000546. The van der Waals surface area contributed by atoms with E-state index in [0.717, 1.165) is 0 Å². The molecule has 0 saturated carbocycles. The molecule has 74 valence electrons. The molecule has 0 saturated heterocycles. The van der Waals surface area contributed by atoms with Crippen LogP contribution in [0.4, 0.5) is 0 Å². The Labute approximate surface area is 88.4 Å². The summed E-state index contributed by atoms with van der Waals surface area (Å²) in [6.07, 6.45) is 0. The Morgan fingerprint density at radius 3 is 1.15 bits per heavy atom. The maximum atomic E-state index is 8.93. The molecule has 6 N–H and O–H groups in total. The van der Waals surface area contributed by atoms with Crippen LogP contribution in [0.2, 0.25) is 0 Å². The van der Waals surface area contributed by atoms with Crippen molar-refractivity contribution in [1.29, 1.82) is 0 Å². The average Bonchev–Trinajstić information content (AvgIpc) is 1.59. The van der Waals surface area contributed by atoms with Gasteiger partial charge in [-0.25, -0.2) is 0 Å². The van der Waals surface area contributed by atoms with E-state index in [4.69, 9.17) is 39.0 Å². The van der Waals surface area contributed by atoms with Gasteiger partial charge < -0.3 is 40.6 Å². The Bertz CT molecular complexity index is 178. The molecule has 0 aliphatic rings. The Morgan fingerprint density at radius 1 is 1.08 bits per heavy atom. The molecular weight excluding hydrogens is 221 g/mol. The van der Waals surface area contributed by atoms with E-state index in [1.54, 1.807) is 0 Å². The second-order valence-corrected chi connectivity index (χ2v) is 2.05. The third-order valence-corrected chi connectivity index (χ3v) is 0.167. The third kappa shape index (κ3) is 78.9. The normalized spacial score (nSPS) is 7.92. The molecule has 0 aromatic rings. The molecule has 0 rings (SSSR count). The molecule has 0 bridgehead atoms. The molecule has 0 aromatic heterocycles. The number of carbonyl (C=O) groups excluding carboxylic acids is 2. The summed E-state index contributed by atoms with van der Waals surface area (Å²) in [5, 5.41) is 17.9. The smallest absolute Gasteiger partial charge is 0.756 e. The van der Waals surface area contributed by atoms with Gasteiger partial charge >= 0.3 is 23.1 Å². The van der Waals surface area contributed by atoms with Crippen LogP contribution in [0.1, 0.15) is 0 Å². The third-order valence-electron chi connectivity index (χ3n) is 0.167. The van der Waals surface area contributed by atoms with Crippen molar-refractivity contribution in [3.8, 4) is 0 Å². The number of aliphatic carboxylic acids is 2. The zero-order valence-corrected chi connectivity index (χ0v) is 8.81. The molecule has 0 aliphatic carbocycles. The van der Waals surface area contributed by atoms with Crippen molar-refractivity contribution < 1.29 is 39.0 Å². The predicted octanol–water partition coefficient (Wildman–Crippen LogP) is -5.08. The number of quaternary nitrogens is 1. The monoisotopic (exact) mass is 227 g/mol. The molecule has 11 heteroatoms. The second kappa shape index (κ2) is 9.86. The van der Waals surface area contributed by atoms with Gasteiger partial charge in [0, 0.05) is 0 Å². The van der Waals surface area contributed by atoms with E-state index < -0.39 is 19.8 Å². The standard InChI is InChI=1S/C2H2O4.Mg.H3N.H3O4P/c3-1(4)2(5)6;;;1-5(2,3)4/h(H,3,4)(H,5,6);;1H3;(H3,1,2,3,4)/q;+2;;/p-2. The van der Waals surface area contributed by atoms with E-state index in [1.165, 1.54) is 0 Å². The molecule has 0 spiro atoms. The summed E-state index contributed by atoms with van der Waals surface area (Å²) in [6, 6.07) is 0. The first-order valence-electron chi connectivity index (χ1n) is 1.83. The summed E-state index contributed by atoms with van der Waals surface area (Å²) in [5.74, 6) is -4.37. The van der Waals surface area contributed by atoms with Gasteiger partial charge in [-0.1, -0.05) is 0 Å². The van der Waals surface area contributed by atoms with E-state index in [0.29, 0.717) is 0 Å². The van der Waals surface area contributed by atoms with Crippen molar-refractivity contribution in [2.24, 2.45) is 0 Å². The number of hydrogen-bond donors (Lipinski definition) is 3. The van der Waals surface area contributed by atoms with Crippen LogP contribution in [0.25, 0.3) is 0 Å². The Morgan fingerprint density at radius 2 is 1.15 bits per heavy atom. The summed E-state index contributed by atoms with van der Waals surface area (Å²) in [5.41, 5.74) is 0. The predicted molar refractivity (Wildman–Crippen MR) is 33.8 cm³/mol. The van der Waals surface area contributed by atoms with Crippen molar-refractivity contribution in [1.82, 2.24) is 6.15 Å². The number of phosphoric acid groups is 1. The minimum absolute atomic E-state index is 0. The number of carbonyl (C=O) groups is 2. The number of carboxylic acids is 2. The molecule has 0 aromatic carbocycles. The fourth-order valence-electron chi connectivity index (χ4n) is 0. The van der Waals surface area contributed by atoms with Crippen LogP contribution >= 0.6 is 7.82 Å². The fraction of sp³-hybridized carbons (Fsp3) is 0. The van der Waals surface area contributed by atoms with Crippen LogP contribution in [-0.4, -0.2) is 44.8 Å². The zero-order valence-electron chi connectivity index (χ0n) is 6.50. The largest absolute Gasteiger partial charge is 2.00 e. The van der Waals surface area contributed by atoms with Gasteiger partial charge in [0.2, 0.25) is 0 Å². The van der Waals surface area contributed by atoms with E-state index in [2.05, 4.69) is 0 Å².